The van der Waals surface area contributed by atoms with Crippen LogP contribution in [0.15, 0.2) is 0 Å². The molecular formula is C15H26N2O2. The average molecular weight is 266 g/mol. The molecule has 3 atom stereocenters. The number of hydrogen-bond donors (Lipinski definition) is 3. The zero-order valence-electron chi connectivity index (χ0n) is 11.7. The number of aliphatic hydroxyl groups is 1. The molecule has 3 fully saturated rings. The highest BCUT2D eigenvalue weighted by atomic mass is 16.3. The predicted octanol–water partition coefficient (Wildman–Crippen LogP) is 1.19. The highest BCUT2D eigenvalue weighted by Gasteiger charge is 2.43. The molecule has 0 aromatic rings. The molecule has 1 saturated carbocycles. The van der Waals surface area contributed by atoms with Crippen LogP contribution in [0.3, 0.4) is 0 Å². The van der Waals surface area contributed by atoms with Gasteiger partial charge in [0.05, 0.1) is 12.5 Å². The van der Waals surface area contributed by atoms with Gasteiger partial charge in [-0.2, -0.15) is 0 Å². The molecule has 4 nitrogen and oxygen atoms in total. The first-order valence-corrected chi connectivity index (χ1v) is 7.87. The normalized spacial score (nSPS) is 36.4. The lowest BCUT2D eigenvalue weighted by Crippen LogP contribution is -2.45. The van der Waals surface area contributed by atoms with Gasteiger partial charge < -0.3 is 15.7 Å². The number of carbonyl (C=O) groups excluding carboxylic acids is 1. The van der Waals surface area contributed by atoms with Crippen LogP contribution in [0.1, 0.15) is 51.4 Å². The van der Waals surface area contributed by atoms with Crippen LogP contribution in [-0.4, -0.2) is 36.2 Å². The maximum absolute atomic E-state index is 12.3. The van der Waals surface area contributed by atoms with Crippen LogP contribution in [0.2, 0.25) is 0 Å². The van der Waals surface area contributed by atoms with Crippen molar-refractivity contribution in [2.45, 2.75) is 63.5 Å². The summed E-state index contributed by atoms with van der Waals surface area (Å²) in [5.74, 6) is 0.371. The number of hydrogen-bond acceptors (Lipinski definition) is 3. The summed E-state index contributed by atoms with van der Waals surface area (Å²) in [7, 11) is 0. The largest absolute Gasteiger partial charge is 0.396 e. The molecule has 0 spiro atoms. The van der Waals surface area contributed by atoms with E-state index in [2.05, 4.69) is 10.6 Å². The molecule has 2 aliphatic heterocycles. The van der Waals surface area contributed by atoms with E-state index in [0.29, 0.717) is 18.6 Å². The minimum Gasteiger partial charge on any atom is -0.396 e. The van der Waals surface area contributed by atoms with Gasteiger partial charge in [-0.1, -0.05) is 19.3 Å². The fraction of sp³-hybridized carbons (Fsp3) is 0.933. The molecule has 2 heterocycles. The molecule has 3 aliphatic rings. The monoisotopic (exact) mass is 266 g/mol. The van der Waals surface area contributed by atoms with Gasteiger partial charge in [-0.3, -0.25) is 4.79 Å². The quantitative estimate of drug-likeness (QED) is 0.716. The second-order valence-corrected chi connectivity index (χ2v) is 6.83. The summed E-state index contributed by atoms with van der Waals surface area (Å²) >= 11 is 0. The highest BCUT2D eigenvalue weighted by molar-refractivity contribution is 5.80. The molecule has 3 unspecified atom stereocenters. The van der Waals surface area contributed by atoms with Gasteiger partial charge >= 0.3 is 0 Å². The molecule has 3 rings (SSSR count). The van der Waals surface area contributed by atoms with E-state index in [1.165, 1.54) is 25.7 Å². The summed E-state index contributed by atoms with van der Waals surface area (Å²) in [5, 5.41) is 16.3. The summed E-state index contributed by atoms with van der Waals surface area (Å²) in [4.78, 5) is 12.3. The van der Waals surface area contributed by atoms with Crippen LogP contribution in [0.5, 0.6) is 0 Å². The number of nitrogens with one attached hydrogen (secondary N) is 2. The minimum atomic E-state index is -0.0427. The van der Waals surface area contributed by atoms with Gasteiger partial charge in [-0.05, 0) is 32.1 Å². The molecule has 0 aromatic carbocycles. The Hall–Kier alpha value is -0.610. The van der Waals surface area contributed by atoms with Gasteiger partial charge in [-0.25, -0.2) is 0 Å². The van der Waals surface area contributed by atoms with Crippen molar-refractivity contribution < 1.29 is 9.90 Å². The Balaban J connectivity index is 1.52. The second kappa shape index (κ2) is 5.41. The standard InChI is InChI=1S/C15H26N2O2/c18-10-15(6-2-1-3-7-15)9-16-14(19)12-8-11-4-5-13(12)17-11/h11-13,17-18H,1-10H2,(H,16,19). The summed E-state index contributed by atoms with van der Waals surface area (Å²) in [5.41, 5.74) is -0.0427. The van der Waals surface area contributed by atoms with Crippen LogP contribution >= 0.6 is 0 Å². The number of fused-ring (bicyclic) bond motifs is 2. The lowest BCUT2D eigenvalue weighted by molar-refractivity contribution is -0.126. The fourth-order valence-electron chi connectivity index (χ4n) is 4.21. The van der Waals surface area contributed by atoms with Crippen molar-refractivity contribution in [2.24, 2.45) is 11.3 Å². The van der Waals surface area contributed by atoms with Gasteiger partial charge in [-0.15, -0.1) is 0 Å². The van der Waals surface area contributed by atoms with Crippen molar-refractivity contribution >= 4 is 5.91 Å². The van der Waals surface area contributed by atoms with Gasteiger partial charge in [0.25, 0.3) is 0 Å². The lowest BCUT2D eigenvalue weighted by atomic mass is 9.74. The van der Waals surface area contributed by atoms with Gasteiger partial charge in [0.2, 0.25) is 5.91 Å². The minimum absolute atomic E-state index is 0.0427. The molecule has 1 aliphatic carbocycles. The topological polar surface area (TPSA) is 61.4 Å². The third-order valence-electron chi connectivity index (χ3n) is 5.52. The predicted molar refractivity (Wildman–Crippen MR) is 73.7 cm³/mol. The Morgan fingerprint density at radius 2 is 2.05 bits per heavy atom. The molecule has 108 valence electrons. The molecule has 0 radical (unpaired) electrons. The Kier molecular flexibility index (Phi) is 3.81. The van der Waals surface area contributed by atoms with Crippen molar-refractivity contribution in [2.75, 3.05) is 13.2 Å². The maximum Gasteiger partial charge on any atom is 0.224 e. The summed E-state index contributed by atoms with van der Waals surface area (Å²) in [6.07, 6.45) is 9.13. The zero-order valence-corrected chi connectivity index (χ0v) is 11.7. The van der Waals surface area contributed by atoms with Crippen molar-refractivity contribution in [1.82, 2.24) is 10.6 Å². The third kappa shape index (κ3) is 2.65. The van der Waals surface area contributed by atoms with Crippen LogP contribution in [0, 0.1) is 11.3 Å². The van der Waals surface area contributed by atoms with Crippen molar-refractivity contribution in [3.63, 3.8) is 0 Å². The molecule has 0 aromatic heterocycles. The SMILES string of the molecule is O=C(NCC1(CO)CCCCC1)C1CC2CCC1N2. The average Bonchev–Trinajstić information content (AvgIpc) is 3.08. The van der Waals surface area contributed by atoms with E-state index < -0.39 is 0 Å². The molecule has 2 saturated heterocycles. The zero-order chi connectivity index (χ0) is 13.3. The Bertz CT molecular complexity index is 339. The van der Waals surface area contributed by atoms with Gasteiger partial charge in [0, 0.05) is 24.0 Å². The second-order valence-electron chi connectivity index (χ2n) is 6.83. The van der Waals surface area contributed by atoms with Crippen LogP contribution in [0.4, 0.5) is 0 Å². The Labute approximate surface area is 115 Å². The Morgan fingerprint density at radius 3 is 2.63 bits per heavy atom. The van der Waals surface area contributed by atoms with Gasteiger partial charge in [0.15, 0.2) is 0 Å². The van der Waals surface area contributed by atoms with E-state index in [9.17, 15) is 9.90 Å². The van der Waals surface area contributed by atoms with Crippen molar-refractivity contribution in [3.05, 3.63) is 0 Å². The lowest BCUT2D eigenvalue weighted by Gasteiger charge is -2.36. The smallest absolute Gasteiger partial charge is 0.224 e. The molecule has 1 amide bonds. The van der Waals surface area contributed by atoms with Crippen molar-refractivity contribution in [3.8, 4) is 0 Å². The first-order valence-electron chi connectivity index (χ1n) is 7.87. The fourth-order valence-corrected chi connectivity index (χ4v) is 4.21. The molecule has 4 heteroatoms. The number of amides is 1. The van der Waals surface area contributed by atoms with E-state index in [1.54, 1.807) is 0 Å². The van der Waals surface area contributed by atoms with Gasteiger partial charge in [0.1, 0.15) is 0 Å². The number of carbonyl (C=O) groups is 1. The number of rotatable bonds is 4. The van der Waals surface area contributed by atoms with Crippen LogP contribution in [-0.2, 0) is 4.79 Å². The number of aliphatic hydroxyl groups excluding tert-OH is 1. The maximum atomic E-state index is 12.3. The molecular weight excluding hydrogens is 240 g/mol. The summed E-state index contributed by atoms with van der Waals surface area (Å²) < 4.78 is 0. The Morgan fingerprint density at radius 1 is 1.26 bits per heavy atom. The molecule has 2 bridgehead atoms. The van der Waals surface area contributed by atoms with E-state index in [4.69, 9.17) is 0 Å². The summed E-state index contributed by atoms with van der Waals surface area (Å²) in [6, 6.07) is 0.976. The van der Waals surface area contributed by atoms with Crippen molar-refractivity contribution in [1.29, 1.82) is 0 Å². The summed E-state index contributed by atoms with van der Waals surface area (Å²) in [6.45, 7) is 0.873. The molecule has 19 heavy (non-hydrogen) atoms. The van der Waals surface area contributed by atoms with E-state index in [1.807, 2.05) is 0 Å². The third-order valence-corrected chi connectivity index (χ3v) is 5.52. The van der Waals surface area contributed by atoms with E-state index in [-0.39, 0.29) is 23.8 Å². The first-order chi connectivity index (χ1) is 9.22. The molecule has 3 N–H and O–H groups in total. The van der Waals surface area contributed by atoms with E-state index in [0.717, 1.165) is 25.7 Å². The van der Waals surface area contributed by atoms with Crippen LogP contribution in [0.25, 0.3) is 0 Å². The highest BCUT2D eigenvalue weighted by Crippen LogP contribution is 2.36. The van der Waals surface area contributed by atoms with E-state index >= 15 is 0 Å². The first kappa shape index (κ1) is 13.4. The van der Waals surface area contributed by atoms with Crippen LogP contribution < -0.4 is 10.6 Å².